The molecule has 0 saturated carbocycles. The molecule has 6 nitrogen and oxygen atoms in total. The van der Waals surface area contributed by atoms with Crippen molar-refractivity contribution in [1.82, 2.24) is 29.7 Å². The molecular weight excluding hydrogens is 352 g/mol. The Kier molecular flexibility index (Phi) is 2.86. The van der Waals surface area contributed by atoms with Gasteiger partial charge in [-0.1, -0.05) is 15.9 Å². The number of hydrogen-bond donors (Lipinski definition) is 1. The molecule has 0 aliphatic carbocycles. The van der Waals surface area contributed by atoms with Gasteiger partial charge in [-0.2, -0.15) is 0 Å². The summed E-state index contributed by atoms with van der Waals surface area (Å²) in [6, 6.07) is 3.99. The number of thiazole rings is 1. The van der Waals surface area contributed by atoms with E-state index in [0.717, 1.165) is 31.9 Å². The zero-order valence-corrected chi connectivity index (χ0v) is 13.3. The van der Waals surface area contributed by atoms with Gasteiger partial charge < -0.3 is 4.98 Å². The number of nitrogens with zero attached hydrogens (tertiary/aromatic N) is 5. The molecule has 0 aliphatic rings. The van der Waals surface area contributed by atoms with E-state index in [9.17, 15) is 0 Å². The van der Waals surface area contributed by atoms with Crippen LogP contribution in [0.5, 0.6) is 0 Å². The molecule has 104 valence electrons. The first-order valence-corrected chi connectivity index (χ1v) is 7.83. The molecule has 4 aromatic rings. The second-order valence-electron chi connectivity index (χ2n) is 4.47. The fourth-order valence-corrected chi connectivity index (χ4v) is 3.25. The normalized spacial score (nSPS) is 11.3. The number of aromatic amines is 1. The minimum atomic E-state index is 0.631. The fraction of sp³-hybridized carbons (Fsp3) is 0.0769. The van der Waals surface area contributed by atoms with Gasteiger partial charge in [0.25, 0.3) is 0 Å². The van der Waals surface area contributed by atoms with E-state index < -0.39 is 0 Å². The van der Waals surface area contributed by atoms with Crippen LogP contribution in [-0.2, 0) is 7.05 Å². The number of benzene rings is 1. The van der Waals surface area contributed by atoms with Gasteiger partial charge in [-0.25, -0.2) is 19.6 Å². The summed E-state index contributed by atoms with van der Waals surface area (Å²) in [7, 11) is 1.87. The molecule has 0 aliphatic heterocycles. The highest BCUT2D eigenvalue weighted by molar-refractivity contribution is 9.10. The first-order chi connectivity index (χ1) is 10.2. The molecule has 0 amide bonds. The van der Waals surface area contributed by atoms with Crippen molar-refractivity contribution in [3.8, 4) is 22.2 Å². The Hall–Kier alpha value is -2.06. The maximum absolute atomic E-state index is 4.62. The Bertz CT molecular complexity index is 924. The van der Waals surface area contributed by atoms with Gasteiger partial charge >= 0.3 is 0 Å². The monoisotopic (exact) mass is 360 g/mol. The number of aromatic nitrogens is 6. The van der Waals surface area contributed by atoms with Gasteiger partial charge in [-0.05, 0) is 12.1 Å². The van der Waals surface area contributed by atoms with Gasteiger partial charge in [0, 0.05) is 28.7 Å². The summed E-state index contributed by atoms with van der Waals surface area (Å²) in [6.45, 7) is 0. The number of H-pyrrole nitrogens is 1. The third kappa shape index (κ3) is 2.07. The van der Waals surface area contributed by atoms with E-state index in [0.29, 0.717) is 5.82 Å². The third-order valence-electron chi connectivity index (χ3n) is 3.12. The molecule has 1 aromatic carbocycles. The lowest BCUT2D eigenvalue weighted by Gasteiger charge is -2.02. The molecule has 0 unspecified atom stereocenters. The molecule has 0 spiro atoms. The quantitative estimate of drug-likeness (QED) is 0.595. The van der Waals surface area contributed by atoms with E-state index >= 15 is 0 Å². The summed E-state index contributed by atoms with van der Waals surface area (Å²) in [5, 5.41) is 7.17. The minimum Gasteiger partial charge on any atom is -0.345 e. The van der Waals surface area contributed by atoms with Crippen molar-refractivity contribution in [3.63, 3.8) is 0 Å². The van der Waals surface area contributed by atoms with Crippen molar-refractivity contribution in [1.29, 1.82) is 0 Å². The van der Waals surface area contributed by atoms with E-state index in [1.165, 1.54) is 11.3 Å². The van der Waals surface area contributed by atoms with Crippen LogP contribution in [0.3, 0.4) is 0 Å². The van der Waals surface area contributed by atoms with Crippen molar-refractivity contribution < 1.29 is 0 Å². The van der Waals surface area contributed by atoms with Crippen LogP contribution in [0.2, 0.25) is 0 Å². The van der Waals surface area contributed by atoms with Gasteiger partial charge in [0.2, 0.25) is 5.82 Å². The van der Waals surface area contributed by atoms with Crippen LogP contribution in [0.1, 0.15) is 0 Å². The standard InChI is InChI=1S/C13H9BrN6S/c1-20-12(18-11(19-20)13-15-2-3-21-13)8-4-7(14)5-9-10(8)17-6-16-9/h2-6H,1H3,(H,16,17). The van der Waals surface area contributed by atoms with E-state index in [4.69, 9.17) is 0 Å². The lowest BCUT2D eigenvalue weighted by Crippen LogP contribution is -1.95. The maximum atomic E-state index is 4.62. The number of nitrogens with one attached hydrogen (secondary N) is 1. The summed E-state index contributed by atoms with van der Waals surface area (Å²) >= 11 is 5.04. The van der Waals surface area contributed by atoms with E-state index in [-0.39, 0.29) is 0 Å². The fourth-order valence-electron chi connectivity index (χ4n) is 2.23. The second kappa shape index (κ2) is 4.74. The highest BCUT2D eigenvalue weighted by atomic mass is 79.9. The zero-order chi connectivity index (χ0) is 14.4. The SMILES string of the molecule is Cn1nc(-c2nccs2)nc1-c1cc(Br)cc2[nH]cnc12. The predicted molar refractivity (Wildman–Crippen MR) is 84.9 cm³/mol. The minimum absolute atomic E-state index is 0.631. The van der Waals surface area contributed by atoms with Gasteiger partial charge in [0.1, 0.15) is 0 Å². The Morgan fingerprint density at radius 3 is 3.00 bits per heavy atom. The average molecular weight is 361 g/mol. The largest absolute Gasteiger partial charge is 0.345 e. The van der Waals surface area contributed by atoms with Gasteiger partial charge in [-0.15, -0.1) is 16.4 Å². The molecule has 1 N–H and O–H groups in total. The van der Waals surface area contributed by atoms with Crippen molar-refractivity contribution in [2.75, 3.05) is 0 Å². The summed E-state index contributed by atoms with van der Waals surface area (Å²) in [4.78, 5) is 16.4. The first kappa shape index (κ1) is 12.7. The molecule has 0 saturated heterocycles. The number of halogens is 1. The Morgan fingerprint density at radius 1 is 1.29 bits per heavy atom. The van der Waals surface area contributed by atoms with E-state index in [2.05, 4.69) is 41.0 Å². The molecule has 3 heterocycles. The number of hydrogen-bond acceptors (Lipinski definition) is 5. The number of fused-ring (bicyclic) bond motifs is 1. The Labute approximate surface area is 132 Å². The third-order valence-corrected chi connectivity index (χ3v) is 4.34. The van der Waals surface area contributed by atoms with Gasteiger partial charge in [-0.3, -0.25) is 0 Å². The maximum Gasteiger partial charge on any atom is 0.210 e. The van der Waals surface area contributed by atoms with Gasteiger partial charge in [0.15, 0.2) is 10.8 Å². The van der Waals surface area contributed by atoms with Gasteiger partial charge in [0.05, 0.1) is 17.4 Å². The molecule has 21 heavy (non-hydrogen) atoms. The summed E-state index contributed by atoms with van der Waals surface area (Å²) in [6.07, 6.45) is 3.43. The molecule has 3 aromatic heterocycles. The summed E-state index contributed by atoms with van der Waals surface area (Å²) in [5.74, 6) is 1.39. The molecule has 0 radical (unpaired) electrons. The Morgan fingerprint density at radius 2 is 2.19 bits per heavy atom. The average Bonchev–Trinajstić information content (AvgIpc) is 3.16. The first-order valence-electron chi connectivity index (χ1n) is 6.16. The predicted octanol–water partition coefficient (Wildman–Crippen LogP) is 3.24. The number of imidazole rings is 1. The van der Waals surface area contributed by atoms with Crippen LogP contribution in [-0.4, -0.2) is 29.7 Å². The lowest BCUT2D eigenvalue weighted by atomic mass is 10.1. The van der Waals surface area contributed by atoms with Crippen molar-refractivity contribution in [2.24, 2.45) is 7.05 Å². The molecule has 0 fully saturated rings. The lowest BCUT2D eigenvalue weighted by molar-refractivity contribution is 0.777. The van der Waals surface area contributed by atoms with Crippen molar-refractivity contribution in [2.45, 2.75) is 0 Å². The highest BCUT2D eigenvalue weighted by Crippen LogP contribution is 2.30. The number of rotatable bonds is 2. The van der Waals surface area contributed by atoms with Crippen molar-refractivity contribution in [3.05, 3.63) is 34.5 Å². The zero-order valence-electron chi connectivity index (χ0n) is 10.9. The molecule has 4 rings (SSSR count). The van der Waals surface area contributed by atoms with Crippen LogP contribution in [0, 0.1) is 0 Å². The van der Waals surface area contributed by atoms with Crippen LogP contribution >= 0.6 is 27.3 Å². The molecule has 0 bridgehead atoms. The second-order valence-corrected chi connectivity index (χ2v) is 6.28. The van der Waals surface area contributed by atoms with Crippen molar-refractivity contribution >= 4 is 38.3 Å². The molecule has 0 atom stereocenters. The molecule has 8 heteroatoms. The van der Waals surface area contributed by atoms with Crippen LogP contribution in [0.15, 0.2) is 34.5 Å². The van der Waals surface area contributed by atoms with E-state index in [1.807, 2.05) is 24.6 Å². The van der Waals surface area contributed by atoms with Crippen LogP contribution in [0.25, 0.3) is 33.3 Å². The number of aryl methyl sites for hydroxylation is 1. The summed E-state index contributed by atoms with van der Waals surface area (Å²) in [5.41, 5.74) is 2.76. The highest BCUT2D eigenvalue weighted by Gasteiger charge is 2.16. The Balaban J connectivity index is 1.95. The smallest absolute Gasteiger partial charge is 0.210 e. The van der Waals surface area contributed by atoms with Crippen LogP contribution in [0.4, 0.5) is 0 Å². The summed E-state index contributed by atoms with van der Waals surface area (Å²) < 4.78 is 2.72. The topological polar surface area (TPSA) is 72.3 Å². The molecular formula is C13H9BrN6S. The van der Waals surface area contributed by atoms with E-state index in [1.54, 1.807) is 17.2 Å². The van der Waals surface area contributed by atoms with Crippen LogP contribution < -0.4 is 0 Å².